The number of hydrogen-bond donors (Lipinski definition) is 0. The Morgan fingerprint density at radius 2 is 1.58 bits per heavy atom. The zero-order valence-corrected chi connectivity index (χ0v) is 18.3. The van der Waals surface area contributed by atoms with Gasteiger partial charge in [0.2, 0.25) is 5.91 Å². The minimum absolute atomic E-state index is 0.0852. The molecule has 0 bridgehead atoms. The Hall–Kier alpha value is -3.38. The van der Waals surface area contributed by atoms with Crippen molar-refractivity contribution in [2.45, 2.75) is 31.3 Å². The lowest BCUT2D eigenvalue weighted by molar-refractivity contribution is -0.117. The molecule has 0 saturated carbocycles. The topological polar surface area (TPSA) is 35.9 Å². The number of hydrogen-bond acceptors (Lipinski definition) is 3. The van der Waals surface area contributed by atoms with Crippen LogP contribution in [0.15, 0.2) is 83.9 Å². The van der Waals surface area contributed by atoms with E-state index in [0.717, 1.165) is 25.3 Å². The highest BCUT2D eigenvalue weighted by atomic mass is 19.1. The van der Waals surface area contributed by atoms with Crippen LogP contribution in [0.2, 0.25) is 0 Å². The molecule has 0 unspecified atom stereocenters. The Kier molecular flexibility index (Phi) is 5.77. The van der Waals surface area contributed by atoms with Crippen molar-refractivity contribution in [1.82, 2.24) is 4.90 Å². The summed E-state index contributed by atoms with van der Waals surface area (Å²) in [5.74, 6) is -0.786. The van der Waals surface area contributed by atoms with Crippen LogP contribution in [0.25, 0.3) is 0 Å². The fourth-order valence-corrected chi connectivity index (χ4v) is 5.01. The number of carbonyl (C=O) groups excluding carboxylic acids is 1. The predicted molar refractivity (Wildman–Crippen MR) is 126 cm³/mol. The summed E-state index contributed by atoms with van der Waals surface area (Å²) in [7, 11) is 0. The summed E-state index contributed by atoms with van der Waals surface area (Å²) in [6.07, 6.45) is 1.57. The lowest BCUT2D eigenvalue weighted by atomic mass is 9.82. The molecular weight excluding hydrogens is 420 g/mol. The summed E-state index contributed by atoms with van der Waals surface area (Å²) >= 11 is 0. The number of anilines is 1. The third-order valence-electron chi connectivity index (χ3n) is 6.62. The summed E-state index contributed by atoms with van der Waals surface area (Å²) in [4.78, 5) is 22.2. The third-order valence-corrected chi connectivity index (χ3v) is 6.62. The van der Waals surface area contributed by atoms with Crippen LogP contribution in [0, 0.1) is 11.6 Å². The van der Waals surface area contributed by atoms with Gasteiger partial charge < -0.3 is 4.90 Å². The molecule has 2 heterocycles. The highest BCUT2D eigenvalue weighted by molar-refractivity contribution is 6.22. The Labute approximate surface area is 192 Å². The molecule has 5 rings (SSSR count). The molecule has 33 heavy (non-hydrogen) atoms. The maximum Gasteiger partial charge on any atom is 0.233 e. The Morgan fingerprint density at radius 3 is 2.27 bits per heavy atom. The standard InChI is InChI=1S/C27H25F2N3O/c28-21-9-11-23(12-10-21)30-25-18-26(33)32(24-8-4-7-22(29)17-24)27(25)13-15-31(16-14-27)19-20-5-2-1-3-6-20/h1-12,17H,13-16,18-19H2. The van der Waals surface area contributed by atoms with Gasteiger partial charge in [-0.15, -0.1) is 0 Å². The van der Waals surface area contributed by atoms with E-state index in [1.54, 1.807) is 29.2 Å². The molecule has 2 fully saturated rings. The molecule has 0 atom stereocenters. The van der Waals surface area contributed by atoms with E-state index in [1.807, 2.05) is 18.2 Å². The Morgan fingerprint density at radius 1 is 0.848 bits per heavy atom. The first-order valence-electron chi connectivity index (χ1n) is 11.2. The highest BCUT2D eigenvalue weighted by Gasteiger charge is 2.52. The quantitative estimate of drug-likeness (QED) is 0.531. The molecule has 2 aliphatic rings. The number of likely N-dealkylation sites (tertiary alicyclic amines) is 1. The first kappa shape index (κ1) is 21.5. The average Bonchev–Trinajstić information content (AvgIpc) is 3.08. The lowest BCUT2D eigenvalue weighted by Crippen LogP contribution is -2.56. The van der Waals surface area contributed by atoms with Gasteiger partial charge in [0.15, 0.2) is 0 Å². The number of rotatable bonds is 4. The predicted octanol–water partition coefficient (Wildman–Crippen LogP) is 5.51. The summed E-state index contributed by atoms with van der Waals surface area (Å²) in [6.45, 7) is 2.42. The van der Waals surface area contributed by atoms with E-state index in [4.69, 9.17) is 4.99 Å². The van der Waals surface area contributed by atoms with E-state index in [1.165, 1.54) is 29.8 Å². The molecule has 0 radical (unpaired) electrons. The monoisotopic (exact) mass is 445 g/mol. The van der Waals surface area contributed by atoms with Gasteiger partial charge in [-0.3, -0.25) is 14.7 Å². The Balaban J connectivity index is 1.48. The zero-order valence-electron chi connectivity index (χ0n) is 18.3. The molecule has 2 saturated heterocycles. The molecule has 4 nitrogen and oxygen atoms in total. The fraction of sp³-hybridized carbons (Fsp3) is 0.259. The van der Waals surface area contributed by atoms with Gasteiger partial charge in [-0.1, -0.05) is 36.4 Å². The van der Waals surface area contributed by atoms with Crippen LogP contribution in [0.4, 0.5) is 20.2 Å². The van der Waals surface area contributed by atoms with Gasteiger partial charge in [0, 0.05) is 25.3 Å². The fourth-order valence-electron chi connectivity index (χ4n) is 5.01. The van der Waals surface area contributed by atoms with Crippen LogP contribution in [0.3, 0.4) is 0 Å². The molecule has 2 aliphatic heterocycles. The van der Waals surface area contributed by atoms with E-state index in [-0.39, 0.29) is 24.0 Å². The minimum atomic E-state index is -0.619. The van der Waals surface area contributed by atoms with Gasteiger partial charge in [-0.25, -0.2) is 8.78 Å². The number of carbonyl (C=O) groups is 1. The lowest BCUT2D eigenvalue weighted by Gasteiger charge is -2.45. The van der Waals surface area contributed by atoms with E-state index in [9.17, 15) is 13.6 Å². The largest absolute Gasteiger partial charge is 0.300 e. The second-order valence-corrected chi connectivity index (χ2v) is 8.71. The summed E-state index contributed by atoms with van der Waals surface area (Å²) in [5, 5.41) is 0. The molecule has 3 aromatic rings. The number of nitrogens with zero attached hydrogens (tertiary/aromatic N) is 3. The number of benzene rings is 3. The van der Waals surface area contributed by atoms with Crippen LogP contribution < -0.4 is 4.90 Å². The van der Waals surface area contributed by atoms with Gasteiger partial charge in [0.25, 0.3) is 0 Å². The molecule has 0 N–H and O–H groups in total. The first-order chi connectivity index (χ1) is 16.0. The van der Waals surface area contributed by atoms with E-state index in [2.05, 4.69) is 17.0 Å². The third kappa shape index (κ3) is 4.31. The molecule has 1 spiro atoms. The molecule has 1 amide bonds. The first-order valence-corrected chi connectivity index (χ1v) is 11.2. The van der Waals surface area contributed by atoms with Crippen molar-refractivity contribution in [3.8, 4) is 0 Å². The van der Waals surface area contributed by atoms with E-state index < -0.39 is 5.54 Å². The number of piperidine rings is 1. The highest BCUT2D eigenvalue weighted by Crippen LogP contribution is 2.42. The molecule has 6 heteroatoms. The van der Waals surface area contributed by atoms with Gasteiger partial charge in [0.05, 0.1) is 23.4 Å². The van der Waals surface area contributed by atoms with Crippen LogP contribution in [-0.2, 0) is 11.3 Å². The van der Waals surface area contributed by atoms with Crippen molar-refractivity contribution in [3.63, 3.8) is 0 Å². The summed E-state index contributed by atoms with van der Waals surface area (Å²) in [5.41, 5.74) is 2.57. The smallest absolute Gasteiger partial charge is 0.233 e. The van der Waals surface area contributed by atoms with Gasteiger partial charge >= 0.3 is 0 Å². The summed E-state index contributed by atoms with van der Waals surface area (Å²) < 4.78 is 27.5. The SMILES string of the molecule is O=C1CC(=Nc2ccc(F)cc2)C2(CCN(Cc3ccccc3)CC2)N1c1cccc(F)c1. The number of halogens is 2. The zero-order chi connectivity index (χ0) is 22.8. The minimum Gasteiger partial charge on any atom is -0.300 e. The van der Waals surface area contributed by atoms with Crippen molar-refractivity contribution in [3.05, 3.63) is 96.1 Å². The molecule has 3 aromatic carbocycles. The van der Waals surface area contributed by atoms with Crippen LogP contribution in [0.1, 0.15) is 24.8 Å². The van der Waals surface area contributed by atoms with Gasteiger partial charge in [0.1, 0.15) is 11.6 Å². The van der Waals surface area contributed by atoms with E-state index >= 15 is 0 Å². The molecule has 0 aromatic heterocycles. The normalized spacial score (nSPS) is 19.5. The van der Waals surface area contributed by atoms with Crippen molar-refractivity contribution in [1.29, 1.82) is 0 Å². The summed E-state index contributed by atoms with van der Waals surface area (Å²) in [6, 6.07) is 22.5. The Bertz CT molecular complexity index is 1170. The maximum atomic E-state index is 14.1. The van der Waals surface area contributed by atoms with Crippen LogP contribution in [0.5, 0.6) is 0 Å². The van der Waals surface area contributed by atoms with Crippen molar-refractivity contribution < 1.29 is 13.6 Å². The second kappa shape index (κ2) is 8.87. The van der Waals surface area contributed by atoms with Crippen molar-refractivity contribution in [2.75, 3.05) is 18.0 Å². The van der Waals surface area contributed by atoms with Crippen molar-refractivity contribution in [2.24, 2.45) is 4.99 Å². The molecule has 0 aliphatic carbocycles. The molecule has 168 valence electrons. The van der Waals surface area contributed by atoms with Crippen molar-refractivity contribution >= 4 is 23.0 Å². The van der Waals surface area contributed by atoms with Gasteiger partial charge in [-0.05, 0) is 60.9 Å². The number of amides is 1. The van der Waals surface area contributed by atoms with Crippen LogP contribution >= 0.6 is 0 Å². The average molecular weight is 446 g/mol. The van der Waals surface area contributed by atoms with E-state index in [0.29, 0.717) is 24.2 Å². The number of aliphatic imine (C=N–C) groups is 1. The van der Waals surface area contributed by atoms with Gasteiger partial charge in [-0.2, -0.15) is 0 Å². The second-order valence-electron chi connectivity index (χ2n) is 8.71. The van der Waals surface area contributed by atoms with Crippen LogP contribution in [-0.4, -0.2) is 35.1 Å². The molecular formula is C27H25F2N3O. The maximum absolute atomic E-state index is 14.1.